The van der Waals surface area contributed by atoms with Crippen LogP contribution in [0, 0.1) is 0 Å². The van der Waals surface area contributed by atoms with E-state index in [4.69, 9.17) is 34.8 Å². The minimum Gasteiger partial charge on any atom is -0.329 e. The SMILES string of the molecule is O=C(CNC(=O)Nc1cccc(Cl)c1)Nc1cc(Cl)ccc1Cl. The van der Waals surface area contributed by atoms with E-state index in [1.54, 1.807) is 36.4 Å². The van der Waals surface area contributed by atoms with Crippen LogP contribution in [0.4, 0.5) is 16.2 Å². The van der Waals surface area contributed by atoms with E-state index in [1.807, 2.05) is 0 Å². The molecule has 0 bridgehead atoms. The first-order valence-corrected chi connectivity index (χ1v) is 7.63. The Morgan fingerprint density at radius 1 is 0.913 bits per heavy atom. The van der Waals surface area contributed by atoms with Gasteiger partial charge in [-0.05, 0) is 36.4 Å². The zero-order valence-corrected chi connectivity index (χ0v) is 14.0. The van der Waals surface area contributed by atoms with Crippen LogP contribution in [0.2, 0.25) is 15.1 Å². The molecule has 23 heavy (non-hydrogen) atoms. The van der Waals surface area contributed by atoms with Crippen molar-refractivity contribution in [3.05, 3.63) is 57.5 Å². The zero-order chi connectivity index (χ0) is 16.8. The molecule has 3 amide bonds. The van der Waals surface area contributed by atoms with Gasteiger partial charge in [0, 0.05) is 15.7 Å². The molecule has 0 aliphatic heterocycles. The van der Waals surface area contributed by atoms with Crippen LogP contribution >= 0.6 is 34.8 Å². The van der Waals surface area contributed by atoms with E-state index in [0.717, 1.165) is 0 Å². The molecule has 2 aromatic carbocycles. The first-order chi connectivity index (χ1) is 10.9. The summed E-state index contributed by atoms with van der Waals surface area (Å²) in [5.41, 5.74) is 0.898. The summed E-state index contributed by atoms with van der Waals surface area (Å²) < 4.78 is 0. The number of carbonyl (C=O) groups is 2. The van der Waals surface area contributed by atoms with Gasteiger partial charge in [-0.25, -0.2) is 4.79 Å². The molecule has 0 spiro atoms. The van der Waals surface area contributed by atoms with Crippen LogP contribution < -0.4 is 16.0 Å². The summed E-state index contributed by atoms with van der Waals surface area (Å²) in [6.07, 6.45) is 0. The highest BCUT2D eigenvalue weighted by molar-refractivity contribution is 6.35. The summed E-state index contributed by atoms with van der Waals surface area (Å²) in [4.78, 5) is 23.5. The number of benzene rings is 2. The van der Waals surface area contributed by atoms with Crippen LogP contribution in [0.15, 0.2) is 42.5 Å². The molecule has 0 heterocycles. The Balaban J connectivity index is 1.84. The number of urea groups is 1. The summed E-state index contributed by atoms with van der Waals surface area (Å²) in [5.74, 6) is -0.435. The van der Waals surface area contributed by atoms with Crippen molar-refractivity contribution in [3.63, 3.8) is 0 Å². The van der Waals surface area contributed by atoms with E-state index in [9.17, 15) is 9.59 Å². The number of hydrogen-bond donors (Lipinski definition) is 3. The molecule has 0 aliphatic carbocycles. The predicted molar refractivity (Wildman–Crippen MR) is 93.6 cm³/mol. The zero-order valence-electron chi connectivity index (χ0n) is 11.7. The quantitative estimate of drug-likeness (QED) is 0.744. The molecule has 0 aromatic heterocycles. The van der Waals surface area contributed by atoms with E-state index >= 15 is 0 Å². The third kappa shape index (κ3) is 5.63. The Bertz CT molecular complexity index is 738. The van der Waals surface area contributed by atoms with Gasteiger partial charge in [-0.2, -0.15) is 0 Å². The molecule has 0 radical (unpaired) electrons. The smallest absolute Gasteiger partial charge is 0.319 e. The average molecular weight is 373 g/mol. The lowest BCUT2D eigenvalue weighted by Gasteiger charge is -2.10. The van der Waals surface area contributed by atoms with Gasteiger partial charge >= 0.3 is 6.03 Å². The topological polar surface area (TPSA) is 70.2 Å². The Morgan fingerprint density at radius 3 is 2.39 bits per heavy atom. The molecule has 0 saturated carbocycles. The molecule has 0 atom stereocenters. The van der Waals surface area contributed by atoms with Gasteiger partial charge in [0.25, 0.3) is 0 Å². The van der Waals surface area contributed by atoms with Crippen LogP contribution in [0.1, 0.15) is 0 Å². The van der Waals surface area contributed by atoms with Gasteiger partial charge in [-0.1, -0.05) is 40.9 Å². The third-order valence-electron chi connectivity index (χ3n) is 2.69. The standard InChI is InChI=1S/C15H12Cl3N3O2/c16-9-2-1-3-11(6-9)20-15(23)19-8-14(22)21-13-7-10(17)4-5-12(13)18/h1-7H,8H2,(H,21,22)(H2,19,20,23). The van der Waals surface area contributed by atoms with E-state index in [1.165, 1.54) is 6.07 Å². The highest BCUT2D eigenvalue weighted by atomic mass is 35.5. The first kappa shape index (κ1) is 17.4. The summed E-state index contributed by atoms with van der Waals surface area (Å²) in [6, 6.07) is 10.8. The first-order valence-electron chi connectivity index (χ1n) is 6.49. The van der Waals surface area contributed by atoms with Gasteiger partial charge in [-0.3, -0.25) is 4.79 Å². The average Bonchev–Trinajstić information content (AvgIpc) is 2.49. The monoisotopic (exact) mass is 371 g/mol. The van der Waals surface area contributed by atoms with Gasteiger partial charge in [0.05, 0.1) is 17.3 Å². The van der Waals surface area contributed by atoms with E-state index in [2.05, 4.69) is 16.0 Å². The molecule has 0 saturated heterocycles. The van der Waals surface area contributed by atoms with Gasteiger partial charge < -0.3 is 16.0 Å². The van der Waals surface area contributed by atoms with Gasteiger partial charge in [0.2, 0.25) is 5.91 Å². The van der Waals surface area contributed by atoms with E-state index in [0.29, 0.717) is 26.4 Å². The number of nitrogens with one attached hydrogen (secondary N) is 3. The molecule has 2 rings (SSSR count). The molecule has 2 aromatic rings. The van der Waals surface area contributed by atoms with E-state index in [-0.39, 0.29) is 6.54 Å². The van der Waals surface area contributed by atoms with Crippen LogP contribution in [0.25, 0.3) is 0 Å². The summed E-state index contributed by atoms with van der Waals surface area (Å²) in [5, 5.41) is 8.84. The molecule has 120 valence electrons. The normalized spacial score (nSPS) is 10.0. The maximum atomic E-state index is 11.8. The van der Waals surface area contributed by atoms with Crippen LogP contribution in [0.3, 0.4) is 0 Å². The minimum atomic E-state index is -0.528. The molecule has 0 fully saturated rings. The molecule has 0 unspecified atom stereocenters. The number of hydrogen-bond acceptors (Lipinski definition) is 2. The second kappa shape index (κ2) is 8.06. The third-order valence-corrected chi connectivity index (χ3v) is 3.49. The molecule has 8 heteroatoms. The van der Waals surface area contributed by atoms with Crippen molar-refractivity contribution >= 4 is 58.1 Å². The predicted octanol–water partition coefficient (Wildman–Crippen LogP) is 4.41. The highest BCUT2D eigenvalue weighted by Gasteiger charge is 2.09. The number of carbonyl (C=O) groups excluding carboxylic acids is 2. The second-order valence-corrected chi connectivity index (χ2v) is 5.77. The molecule has 3 N–H and O–H groups in total. The number of amides is 3. The lowest BCUT2D eigenvalue weighted by atomic mass is 10.3. The fourth-order valence-corrected chi connectivity index (χ4v) is 2.22. The molecule has 0 aliphatic rings. The number of rotatable bonds is 4. The summed E-state index contributed by atoms with van der Waals surface area (Å²) in [6.45, 7) is -0.227. The van der Waals surface area contributed by atoms with Gasteiger partial charge in [-0.15, -0.1) is 0 Å². The Morgan fingerprint density at radius 2 is 1.65 bits per heavy atom. The largest absolute Gasteiger partial charge is 0.329 e. The van der Waals surface area contributed by atoms with Crippen molar-refractivity contribution in [2.45, 2.75) is 0 Å². The minimum absolute atomic E-state index is 0.227. The fourth-order valence-electron chi connectivity index (χ4n) is 1.69. The molecule has 5 nitrogen and oxygen atoms in total. The van der Waals surface area contributed by atoms with Crippen molar-refractivity contribution in [2.24, 2.45) is 0 Å². The van der Waals surface area contributed by atoms with Gasteiger partial charge in [0.1, 0.15) is 0 Å². The van der Waals surface area contributed by atoms with Crippen LogP contribution in [-0.2, 0) is 4.79 Å². The lowest BCUT2D eigenvalue weighted by Crippen LogP contribution is -2.35. The Labute approximate surface area is 147 Å². The van der Waals surface area contributed by atoms with Crippen LogP contribution in [-0.4, -0.2) is 18.5 Å². The maximum absolute atomic E-state index is 11.8. The van der Waals surface area contributed by atoms with Crippen molar-refractivity contribution < 1.29 is 9.59 Å². The van der Waals surface area contributed by atoms with Crippen molar-refractivity contribution in [3.8, 4) is 0 Å². The summed E-state index contributed by atoms with van der Waals surface area (Å²) in [7, 11) is 0. The maximum Gasteiger partial charge on any atom is 0.319 e. The Hall–Kier alpha value is -1.95. The molecular weight excluding hydrogens is 361 g/mol. The number of anilines is 2. The van der Waals surface area contributed by atoms with Crippen molar-refractivity contribution in [2.75, 3.05) is 17.2 Å². The summed E-state index contributed by atoms with van der Waals surface area (Å²) >= 11 is 17.6. The van der Waals surface area contributed by atoms with Crippen LogP contribution in [0.5, 0.6) is 0 Å². The van der Waals surface area contributed by atoms with Crippen molar-refractivity contribution in [1.29, 1.82) is 0 Å². The van der Waals surface area contributed by atoms with E-state index < -0.39 is 11.9 Å². The fraction of sp³-hybridized carbons (Fsp3) is 0.0667. The van der Waals surface area contributed by atoms with Gasteiger partial charge in [0.15, 0.2) is 0 Å². The lowest BCUT2D eigenvalue weighted by molar-refractivity contribution is -0.115. The Kier molecular flexibility index (Phi) is 6.10. The molecular formula is C15H12Cl3N3O2. The second-order valence-electron chi connectivity index (χ2n) is 4.49. The van der Waals surface area contributed by atoms with Crippen molar-refractivity contribution in [1.82, 2.24) is 5.32 Å². The number of halogens is 3. The highest BCUT2D eigenvalue weighted by Crippen LogP contribution is 2.25.